The van der Waals surface area contributed by atoms with Crippen LogP contribution in [0.1, 0.15) is 27.0 Å². The molecule has 27 heavy (non-hydrogen) atoms. The number of carbonyl (C=O) groups excluding carboxylic acids is 1. The smallest absolute Gasteiger partial charge is 0.266 e. The molecule has 0 N–H and O–H groups in total. The fourth-order valence-electron chi connectivity index (χ4n) is 3.19. The number of benzene rings is 2. The molecular formula is C21H19FN2O2S. The van der Waals surface area contributed by atoms with Crippen LogP contribution in [0.5, 0.6) is 0 Å². The average Bonchev–Trinajstić information content (AvgIpc) is 3.10. The highest BCUT2D eigenvalue weighted by Crippen LogP contribution is 2.30. The lowest BCUT2D eigenvalue weighted by Gasteiger charge is -2.33. The van der Waals surface area contributed by atoms with E-state index in [4.69, 9.17) is 4.74 Å². The van der Waals surface area contributed by atoms with E-state index in [1.165, 1.54) is 23.5 Å². The molecule has 0 bridgehead atoms. The third-order valence-corrected chi connectivity index (χ3v) is 5.78. The van der Waals surface area contributed by atoms with Gasteiger partial charge in [-0.15, -0.1) is 11.3 Å². The summed E-state index contributed by atoms with van der Waals surface area (Å²) in [6.07, 6.45) is -0.125. The fraction of sp³-hybridized carbons (Fsp3) is 0.238. The van der Waals surface area contributed by atoms with E-state index in [-0.39, 0.29) is 17.8 Å². The molecule has 0 spiro atoms. The van der Waals surface area contributed by atoms with Crippen molar-refractivity contribution in [1.29, 1.82) is 0 Å². The molecule has 1 aromatic heterocycles. The summed E-state index contributed by atoms with van der Waals surface area (Å²) in [5.41, 5.74) is 2.43. The monoisotopic (exact) mass is 382 g/mol. The van der Waals surface area contributed by atoms with Crippen molar-refractivity contribution in [1.82, 2.24) is 9.88 Å². The third-order valence-electron chi connectivity index (χ3n) is 4.59. The van der Waals surface area contributed by atoms with Crippen LogP contribution >= 0.6 is 11.3 Å². The highest BCUT2D eigenvalue weighted by Gasteiger charge is 2.28. The van der Waals surface area contributed by atoms with Crippen LogP contribution in [0.3, 0.4) is 0 Å². The summed E-state index contributed by atoms with van der Waals surface area (Å²) in [5.74, 6) is -0.357. The van der Waals surface area contributed by atoms with Gasteiger partial charge in [0, 0.05) is 12.1 Å². The normalized spacial score (nSPS) is 17.1. The van der Waals surface area contributed by atoms with Crippen molar-refractivity contribution >= 4 is 17.2 Å². The molecule has 1 amide bonds. The number of hydrogen-bond acceptors (Lipinski definition) is 4. The highest BCUT2D eigenvalue weighted by atomic mass is 32.1. The lowest BCUT2D eigenvalue weighted by atomic mass is 10.1. The number of amides is 1. The second-order valence-electron chi connectivity index (χ2n) is 6.47. The summed E-state index contributed by atoms with van der Waals surface area (Å²) in [7, 11) is 0. The molecule has 1 atom stereocenters. The van der Waals surface area contributed by atoms with Crippen LogP contribution in [0.15, 0.2) is 54.6 Å². The number of rotatable bonds is 3. The summed E-state index contributed by atoms with van der Waals surface area (Å²) in [5, 5.41) is 0.656. The predicted molar refractivity (Wildman–Crippen MR) is 103 cm³/mol. The Morgan fingerprint density at radius 3 is 2.81 bits per heavy atom. The summed E-state index contributed by atoms with van der Waals surface area (Å²) in [6, 6.07) is 16.2. The van der Waals surface area contributed by atoms with Crippen molar-refractivity contribution in [2.24, 2.45) is 0 Å². The fourth-order valence-corrected chi connectivity index (χ4v) is 4.22. The number of nitrogens with zero attached hydrogens (tertiary/aromatic N) is 2. The zero-order valence-electron chi connectivity index (χ0n) is 14.9. The highest BCUT2D eigenvalue weighted by molar-refractivity contribution is 7.17. The Morgan fingerprint density at radius 1 is 1.22 bits per heavy atom. The van der Waals surface area contributed by atoms with Crippen molar-refractivity contribution in [2.75, 3.05) is 19.7 Å². The molecule has 1 aliphatic heterocycles. The van der Waals surface area contributed by atoms with Gasteiger partial charge in [-0.1, -0.05) is 42.5 Å². The summed E-state index contributed by atoms with van der Waals surface area (Å²) < 4.78 is 19.4. The van der Waals surface area contributed by atoms with Gasteiger partial charge in [-0.3, -0.25) is 4.79 Å². The van der Waals surface area contributed by atoms with E-state index < -0.39 is 0 Å². The lowest BCUT2D eigenvalue weighted by molar-refractivity contribution is -0.0226. The summed E-state index contributed by atoms with van der Waals surface area (Å²) in [6.45, 7) is 3.38. The van der Waals surface area contributed by atoms with Gasteiger partial charge < -0.3 is 9.64 Å². The van der Waals surface area contributed by atoms with Gasteiger partial charge in [0.1, 0.15) is 21.8 Å². The van der Waals surface area contributed by atoms with Crippen LogP contribution in [0, 0.1) is 12.7 Å². The number of morpholine rings is 1. The first-order chi connectivity index (χ1) is 13.1. The second kappa shape index (κ2) is 7.58. The van der Waals surface area contributed by atoms with Gasteiger partial charge in [0.15, 0.2) is 0 Å². The van der Waals surface area contributed by atoms with Gasteiger partial charge >= 0.3 is 0 Å². The Balaban J connectivity index is 1.56. The standard InChI is InChI=1S/C21H19FN2O2S/c1-14-19(27-20(23-14)16-8-5-9-17(22)12-16)21(25)24-10-11-26-18(13-24)15-6-3-2-4-7-15/h2-9,12,18H,10-11,13H2,1H3. The first-order valence-electron chi connectivity index (χ1n) is 8.81. The largest absolute Gasteiger partial charge is 0.370 e. The van der Waals surface area contributed by atoms with Gasteiger partial charge in [-0.25, -0.2) is 9.37 Å². The van der Waals surface area contributed by atoms with Crippen LogP contribution in [-0.4, -0.2) is 35.5 Å². The number of carbonyl (C=O) groups is 1. The number of aromatic nitrogens is 1. The summed E-state index contributed by atoms with van der Waals surface area (Å²) in [4.78, 5) is 20.0. The van der Waals surface area contributed by atoms with Crippen molar-refractivity contribution in [2.45, 2.75) is 13.0 Å². The molecule has 0 radical (unpaired) electrons. The van der Waals surface area contributed by atoms with Crippen LogP contribution in [0.2, 0.25) is 0 Å². The number of halogens is 1. The number of ether oxygens (including phenoxy) is 1. The Labute approximate surface area is 161 Å². The zero-order chi connectivity index (χ0) is 18.8. The minimum Gasteiger partial charge on any atom is -0.370 e. The van der Waals surface area contributed by atoms with Gasteiger partial charge in [0.25, 0.3) is 5.91 Å². The molecule has 2 heterocycles. The van der Waals surface area contributed by atoms with Crippen LogP contribution in [0.25, 0.3) is 10.6 Å². The SMILES string of the molecule is Cc1nc(-c2cccc(F)c2)sc1C(=O)N1CCOC(c2ccccc2)C1. The van der Waals surface area contributed by atoms with E-state index in [1.807, 2.05) is 42.2 Å². The van der Waals surface area contributed by atoms with Gasteiger partial charge in [-0.2, -0.15) is 0 Å². The molecule has 3 aromatic rings. The average molecular weight is 382 g/mol. The minimum atomic E-state index is -0.313. The first-order valence-corrected chi connectivity index (χ1v) is 9.62. The number of thiazole rings is 1. The van der Waals surface area contributed by atoms with Crippen molar-refractivity contribution in [3.63, 3.8) is 0 Å². The van der Waals surface area contributed by atoms with Gasteiger partial charge in [0.2, 0.25) is 0 Å². The molecule has 6 heteroatoms. The zero-order valence-corrected chi connectivity index (χ0v) is 15.7. The molecule has 0 aliphatic carbocycles. The topological polar surface area (TPSA) is 42.4 Å². The molecule has 1 unspecified atom stereocenters. The number of hydrogen-bond donors (Lipinski definition) is 0. The van der Waals surface area contributed by atoms with E-state index in [1.54, 1.807) is 12.1 Å². The maximum atomic E-state index is 13.5. The first kappa shape index (κ1) is 17.8. The van der Waals surface area contributed by atoms with Crippen LogP contribution in [-0.2, 0) is 4.74 Å². The Morgan fingerprint density at radius 2 is 2.04 bits per heavy atom. The van der Waals surface area contributed by atoms with E-state index >= 15 is 0 Å². The predicted octanol–water partition coefficient (Wildman–Crippen LogP) is 4.47. The van der Waals surface area contributed by atoms with Crippen molar-refractivity contribution in [3.05, 3.63) is 76.5 Å². The molecule has 4 rings (SSSR count). The Bertz CT molecular complexity index is 958. The molecule has 1 fully saturated rings. The summed E-state index contributed by atoms with van der Waals surface area (Å²) >= 11 is 1.31. The van der Waals surface area contributed by atoms with Gasteiger partial charge in [-0.05, 0) is 24.6 Å². The maximum absolute atomic E-state index is 13.5. The molecule has 138 valence electrons. The molecule has 2 aromatic carbocycles. The van der Waals surface area contributed by atoms with Crippen LogP contribution < -0.4 is 0 Å². The Hall–Kier alpha value is -2.57. The van der Waals surface area contributed by atoms with E-state index in [0.29, 0.717) is 40.8 Å². The molecule has 4 nitrogen and oxygen atoms in total. The minimum absolute atomic E-state index is 0.0446. The molecular weight excluding hydrogens is 363 g/mol. The van der Waals surface area contributed by atoms with Crippen molar-refractivity contribution < 1.29 is 13.9 Å². The second-order valence-corrected chi connectivity index (χ2v) is 7.46. The van der Waals surface area contributed by atoms with Crippen molar-refractivity contribution in [3.8, 4) is 10.6 Å². The van der Waals surface area contributed by atoms with E-state index in [0.717, 1.165) is 5.56 Å². The maximum Gasteiger partial charge on any atom is 0.266 e. The van der Waals surface area contributed by atoms with E-state index in [2.05, 4.69) is 4.98 Å². The number of aryl methyl sites for hydroxylation is 1. The van der Waals surface area contributed by atoms with Gasteiger partial charge in [0.05, 0.1) is 18.8 Å². The molecule has 1 saturated heterocycles. The Kier molecular flexibility index (Phi) is 5.01. The molecule has 1 aliphatic rings. The lowest BCUT2D eigenvalue weighted by Crippen LogP contribution is -2.42. The molecule has 0 saturated carbocycles. The third kappa shape index (κ3) is 3.77. The van der Waals surface area contributed by atoms with E-state index in [9.17, 15) is 9.18 Å². The quantitative estimate of drug-likeness (QED) is 0.671. The van der Waals surface area contributed by atoms with Crippen LogP contribution in [0.4, 0.5) is 4.39 Å².